The molecule has 14 heavy (non-hydrogen) atoms. The minimum atomic E-state index is -0.523. The van der Waals surface area contributed by atoms with Gasteiger partial charge in [0.2, 0.25) is 0 Å². The third-order valence-electron chi connectivity index (χ3n) is 1.62. The van der Waals surface area contributed by atoms with Crippen molar-refractivity contribution in [3.05, 3.63) is 35.1 Å². The SMILES string of the molecule is C/C=C/COc1cc(F)c(N)cc1Cl. The van der Waals surface area contributed by atoms with Crippen LogP contribution in [0.2, 0.25) is 5.02 Å². The molecule has 1 aromatic carbocycles. The van der Waals surface area contributed by atoms with Crippen LogP contribution in [-0.4, -0.2) is 6.61 Å². The number of rotatable bonds is 3. The van der Waals surface area contributed by atoms with Crippen LogP contribution >= 0.6 is 11.6 Å². The summed E-state index contributed by atoms with van der Waals surface area (Å²) in [5, 5.41) is 0.313. The van der Waals surface area contributed by atoms with Crippen LogP contribution in [0.15, 0.2) is 24.3 Å². The predicted molar refractivity (Wildman–Crippen MR) is 56.1 cm³/mol. The van der Waals surface area contributed by atoms with Gasteiger partial charge in [-0.1, -0.05) is 23.8 Å². The van der Waals surface area contributed by atoms with E-state index in [2.05, 4.69) is 0 Å². The summed E-state index contributed by atoms with van der Waals surface area (Å²) < 4.78 is 18.2. The Balaban J connectivity index is 2.81. The standard InChI is InChI=1S/C10H11ClFNO/c1-2-3-4-14-10-6-8(12)9(13)5-7(10)11/h2-3,5-6H,4,13H2,1H3/b3-2+. The maximum atomic E-state index is 13.0. The second-order valence-corrected chi connectivity index (χ2v) is 3.09. The summed E-state index contributed by atoms with van der Waals surface area (Å²) in [7, 11) is 0. The van der Waals surface area contributed by atoms with Gasteiger partial charge in [0.05, 0.1) is 10.7 Å². The molecule has 0 aliphatic rings. The number of ether oxygens (including phenoxy) is 1. The Morgan fingerprint density at radius 1 is 1.57 bits per heavy atom. The molecule has 0 bridgehead atoms. The average Bonchev–Trinajstić information content (AvgIpc) is 2.14. The van der Waals surface area contributed by atoms with E-state index in [0.717, 1.165) is 0 Å². The second kappa shape index (κ2) is 4.86. The number of nitrogen functional groups attached to an aromatic ring is 1. The number of allylic oxidation sites excluding steroid dienone is 1. The van der Waals surface area contributed by atoms with E-state index in [1.54, 1.807) is 6.08 Å². The molecule has 2 nitrogen and oxygen atoms in total. The molecule has 0 aromatic heterocycles. The van der Waals surface area contributed by atoms with Crippen molar-refractivity contribution in [2.75, 3.05) is 12.3 Å². The third-order valence-corrected chi connectivity index (χ3v) is 1.92. The highest BCUT2D eigenvalue weighted by Gasteiger charge is 2.06. The van der Waals surface area contributed by atoms with Crippen molar-refractivity contribution in [1.82, 2.24) is 0 Å². The Labute approximate surface area is 87.1 Å². The maximum absolute atomic E-state index is 13.0. The summed E-state index contributed by atoms with van der Waals surface area (Å²) in [5.41, 5.74) is 5.34. The maximum Gasteiger partial charge on any atom is 0.149 e. The molecule has 1 aromatic rings. The van der Waals surface area contributed by atoms with Gasteiger partial charge in [0.25, 0.3) is 0 Å². The molecular weight excluding hydrogens is 205 g/mol. The van der Waals surface area contributed by atoms with Gasteiger partial charge in [0, 0.05) is 6.07 Å². The summed E-state index contributed by atoms with van der Waals surface area (Å²) >= 11 is 5.78. The lowest BCUT2D eigenvalue weighted by Gasteiger charge is -2.06. The summed E-state index contributed by atoms with van der Waals surface area (Å²) in [6.07, 6.45) is 3.63. The normalized spacial score (nSPS) is 10.8. The molecular formula is C10H11ClFNO. The van der Waals surface area contributed by atoms with Crippen molar-refractivity contribution in [2.24, 2.45) is 0 Å². The van der Waals surface area contributed by atoms with Gasteiger partial charge in [-0.2, -0.15) is 0 Å². The number of halogens is 2. The molecule has 0 spiro atoms. The van der Waals surface area contributed by atoms with Crippen LogP contribution in [0.1, 0.15) is 6.92 Å². The average molecular weight is 216 g/mol. The topological polar surface area (TPSA) is 35.2 Å². The first-order valence-corrected chi connectivity index (χ1v) is 4.51. The molecule has 0 aliphatic heterocycles. The zero-order valence-corrected chi connectivity index (χ0v) is 8.51. The zero-order chi connectivity index (χ0) is 10.6. The van der Waals surface area contributed by atoms with Gasteiger partial charge in [-0.25, -0.2) is 4.39 Å². The van der Waals surface area contributed by atoms with E-state index in [9.17, 15) is 4.39 Å². The summed E-state index contributed by atoms with van der Waals surface area (Å²) in [6, 6.07) is 2.52. The van der Waals surface area contributed by atoms with Crippen molar-refractivity contribution in [1.29, 1.82) is 0 Å². The predicted octanol–water partition coefficient (Wildman–Crippen LogP) is 3.02. The van der Waals surface area contributed by atoms with Crippen molar-refractivity contribution in [2.45, 2.75) is 6.92 Å². The molecule has 0 saturated carbocycles. The molecule has 1 rings (SSSR count). The van der Waals surface area contributed by atoms with E-state index in [1.807, 2.05) is 13.0 Å². The Morgan fingerprint density at radius 3 is 2.93 bits per heavy atom. The van der Waals surface area contributed by atoms with E-state index in [1.165, 1.54) is 12.1 Å². The van der Waals surface area contributed by atoms with Crippen LogP contribution < -0.4 is 10.5 Å². The van der Waals surface area contributed by atoms with Crippen LogP contribution in [0, 0.1) is 5.82 Å². The lowest BCUT2D eigenvalue weighted by atomic mass is 10.3. The van der Waals surface area contributed by atoms with Gasteiger partial charge in [0.15, 0.2) is 0 Å². The lowest BCUT2D eigenvalue weighted by Crippen LogP contribution is -1.97. The van der Waals surface area contributed by atoms with Crippen molar-refractivity contribution < 1.29 is 9.13 Å². The fourth-order valence-electron chi connectivity index (χ4n) is 0.889. The molecule has 76 valence electrons. The molecule has 0 fully saturated rings. The van der Waals surface area contributed by atoms with Gasteiger partial charge in [-0.05, 0) is 13.0 Å². The van der Waals surface area contributed by atoms with E-state index in [-0.39, 0.29) is 5.69 Å². The first-order chi connectivity index (χ1) is 6.65. The summed E-state index contributed by atoms with van der Waals surface area (Å²) in [5.74, 6) is -0.221. The van der Waals surface area contributed by atoms with E-state index in [4.69, 9.17) is 22.1 Å². The monoisotopic (exact) mass is 215 g/mol. The van der Waals surface area contributed by atoms with E-state index < -0.39 is 5.82 Å². The quantitative estimate of drug-likeness (QED) is 0.622. The first kappa shape index (κ1) is 10.9. The van der Waals surface area contributed by atoms with E-state index >= 15 is 0 Å². The number of anilines is 1. The van der Waals surface area contributed by atoms with Crippen LogP contribution in [0.4, 0.5) is 10.1 Å². The Hall–Kier alpha value is -1.22. The lowest BCUT2D eigenvalue weighted by molar-refractivity contribution is 0.361. The number of benzene rings is 1. The fraction of sp³-hybridized carbons (Fsp3) is 0.200. The largest absolute Gasteiger partial charge is 0.488 e. The van der Waals surface area contributed by atoms with Gasteiger partial charge < -0.3 is 10.5 Å². The third kappa shape index (κ3) is 2.64. The van der Waals surface area contributed by atoms with E-state index in [0.29, 0.717) is 17.4 Å². The van der Waals surface area contributed by atoms with Crippen molar-refractivity contribution in [3.63, 3.8) is 0 Å². The number of nitrogens with two attached hydrogens (primary N) is 1. The van der Waals surface area contributed by atoms with Gasteiger partial charge in [0.1, 0.15) is 18.2 Å². The summed E-state index contributed by atoms with van der Waals surface area (Å²) in [6.45, 7) is 2.23. The fourth-order valence-corrected chi connectivity index (χ4v) is 1.12. The number of hydrogen-bond acceptors (Lipinski definition) is 2. The highest BCUT2D eigenvalue weighted by Crippen LogP contribution is 2.28. The molecule has 0 heterocycles. The zero-order valence-electron chi connectivity index (χ0n) is 7.76. The highest BCUT2D eigenvalue weighted by atomic mass is 35.5. The first-order valence-electron chi connectivity index (χ1n) is 4.13. The Bertz CT molecular complexity index is 352. The molecule has 2 N–H and O–H groups in total. The van der Waals surface area contributed by atoms with Crippen molar-refractivity contribution >= 4 is 17.3 Å². The molecule has 4 heteroatoms. The molecule has 0 aliphatic carbocycles. The van der Waals surface area contributed by atoms with Gasteiger partial charge >= 0.3 is 0 Å². The molecule has 0 saturated heterocycles. The van der Waals surface area contributed by atoms with Crippen LogP contribution in [-0.2, 0) is 0 Å². The Morgan fingerprint density at radius 2 is 2.29 bits per heavy atom. The molecule has 0 atom stereocenters. The van der Waals surface area contributed by atoms with Crippen molar-refractivity contribution in [3.8, 4) is 5.75 Å². The van der Waals surface area contributed by atoms with Gasteiger partial charge in [-0.3, -0.25) is 0 Å². The molecule has 0 unspecified atom stereocenters. The Kier molecular flexibility index (Phi) is 3.77. The van der Waals surface area contributed by atoms with Gasteiger partial charge in [-0.15, -0.1) is 0 Å². The minimum absolute atomic E-state index is 0.0217. The molecule has 0 amide bonds. The minimum Gasteiger partial charge on any atom is -0.488 e. The smallest absolute Gasteiger partial charge is 0.149 e. The van der Waals surface area contributed by atoms with Crippen LogP contribution in [0.5, 0.6) is 5.75 Å². The van der Waals surface area contributed by atoms with Crippen LogP contribution in [0.25, 0.3) is 0 Å². The molecule has 0 radical (unpaired) electrons. The number of hydrogen-bond donors (Lipinski definition) is 1. The second-order valence-electron chi connectivity index (χ2n) is 2.68. The van der Waals surface area contributed by atoms with Crippen LogP contribution in [0.3, 0.4) is 0 Å². The highest BCUT2D eigenvalue weighted by molar-refractivity contribution is 6.32. The summed E-state index contributed by atoms with van der Waals surface area (Å²) in [4.78, 5) is 0.